The van der Waals surface area contributed by atoms with Crippen molar-refractivity contribution in [3.63, 3.8) is 0 Å². The van der Waals surface area contributed by atoms with Crippen LogP contribution in [0.4, 0.5) is 0 Å². The Labute approximate surface area is 148 Å². The van der Waals surface area contributed by atoms with Gasteiger partial charge in [-0.15, -0.1) is 0 Å². The molecule has 0 spiro atoms. The minimum atomic E-state index is -0.805. The van der Waals surface area contributed by atoms with Crippen LogP contribution in [0.3, 0.4) is 0 Å². The van der Waals surface area contributed by atoms with Gasteiger partial charge in [-0.1, -0.05) is 36.6 Å². The van der Waals surface area contributed by atoms with E-state index in [1.165, 1.54) is 12.8 Å². The van der Waals surface area contributed by atoms with Crippen molar-refractivity contribution in [2.75, 3.05) is 7.05 Å². The molecule has 1 saturated carbocycles. The Morgan fingerprint density at radius 3 is 2.33 bits per heavy atom. The molecule has 1 aromatic carbocycles. The van der Waals surface area contributed by atoms with Crippen LogP contribution in [0, 0.1) is 5.92 Å². The van der Waals surface area contributed by atoms with Crippen molar-refractivity contribution in [1.82, 2.24) is 4.90 Å². The van der Waals surface area contributed by atoms with Crippen LogP contribution in [0.15, 0.2) is 24.3 Å². The summed E-state index contributed by atoms with van der Waals surface area (Å²) in [6.45, 7) is 0. The van der Waals surface area contributed by atoms with Gasteiger partial charge in [0.25, 0.3) is 0 Å². The smallest absolute Gasteiger partial charge is 0.303 e. The fourth-order valence-electron chi connectivity index (χ4n) is 3.63. The monoisotopic (exact) mass is 351 g/mol. The summed E-state index contributed by atoms with van der Waals surface area (Å²) in [5.74, 6) is -0.229. The predicted octanol–water partition coefficient (Wildman–Crippen LogP) is 4.67. The molecule has 1 fully saturated rings. The average Bonchev–Trinajstić information content (AvgIpc) is 3.07. The molecule has 1 aliphatic carbocycles. The van der Waals surface area contributed by atoms with Gasteiger partial charge < -0.3 is 10.0 Å². The third kappa shape index (κ3) is 5.23. The summed E-state index contributed by atoms with van der Waals surface area (Å²) in [4.78, 5) is 25.0. The normalized spacial score (nSPS) is 16.1. The lowest BCUT2D eigenvalue weighted by molar-refractivity contribution is -0.138. The Hall–Kier alpha value is -1.55. The lowest BCUT2D eigenvalue weighted by Gasteiger charge is -2.33. The molecule has 1 aliphatic rings. The first-order chi connectivity index (χ1) is 11.5. The van der Waals surface area contributed by atoms with Crippen molar-refractivity contribution >= 4 is 23.5 Å². The summed E-state index contributed by atoms with van der Waals surface area (Å²) in [6.07, 6.45) is 6.41. The summed E-state index contributed by atoms with van der Waals surface area (Å²) in [5.41, 5.74) is 1.13. The quantitative estimate of drug-likeness (QED) is 0.692. The highest BCUT2D eigenvalue weighted by Crippen LogP contribution is 2.39. The van der Waals surface area contributed by atoms with Crippen LogP contribution >= 0.6 is 11.6 Å². The van der Waals surface area contributed by atoms with Crippen molar-refractivity contribution < 1.29 is 14.7 Å². The fraction of sp³-hybridized carbons (Fsp3) is 0.579. The molecule has 1 atom stereocenters. The van der Waals surface area contributed by atoms with Gasteiger partial charge in [0.1, 0.15) is 0 Å². The fourth-order valence-corrected chi connectivity index (χ4v) is 3.76. The van der Waals surface area contributed by atoms with Gasteiger partial charge in [0.15, 0.2) is 0 Å². The first-order valence-electron chi connectivity index (χ1n) is 8.72. The van der Waals surface area contributed by atoms with Crippen LogP contribution in [0.25, 0.3) is 0 Å². The van der Waals surface area contributed by atoms with E-state index in [0.29, 0.717) is 30.2 Å². The van der Waals surface area contributed by atoms with Crippen LogP contribution in [0.2, 0.25) is 5.02 Å². The number of hydrogen-bond acceptors (Lipinski definition) is 2. The number of carbonyl (C=O) groups excluding carboxylic acids is 1. The van der Waals surface area contributed by atoms with Gasteiger partial charge >= 0.3 is 5.97 Å². The largest absolute Gasteiger partial charge is 0.481 e. The number of hydrogen-bond donors (Lipinski definition) is 1. The minimum Gasteiger partial charge on any atom is -0.481 e. The number of halogens is 1. The minimum absolute atomic E-state index is 0.0803. The summed E-state index contributed by atoms with van der Waals surface area (Å²) in [7, 11) is 1.87. The molecule has 0 heterocycles. The summed E-state index contributed by atoms with van der Waals surface area (Å²) in [5, 5.41) is 9.39. The van der Waals surface area contributed by atoms with Gasteiger partial charge in [-0.25, -0.2) is 0 Å². The molecule has 1 aromatic rings. The molecule has 132 valence electrons. The van der Waals surface area contributed by atoms with Crippen molar-refractivity contribution in [2.45, 2.75) is 57.4 Å². The Balaban J connectivity index is 2.03. The van der Waals surface area contributed by atoms with Crippen molar-refractivity contribution in [3.8, 4) is 0 Å². The molecule has 0 saturated heterocycles. The van der Waals surface area contributed by atoms with E-state index in [4.69, 9.17) is 16.7 Å². The number of nitrogens with zero attached hydrogens (tertiary/aromatic N) is 1. The zero-order chi connectivity index (χ0) is 17.5. The second-order valence-corrected chi connectivity index (χ2v) is 7.08. The molecular formula is C19H26ClNO3. The third-order valence-corrected chi connectivity index (χ3v) is 5.15. The third-order valence-electron chi connectivity index (χ3n) is 4.90. The standard InChI is InChI=1S/C19H26ClNO3/c1-21(17(22)8-4-5-9-18(23)24)19(14-6-2-3-7-14)15-10-12-16(20)13-11-15/h10-14,19H,2-9H2,1H3,(H,23,24). The molecule has 2 rings (SSSR count). The molecule has 24 heavy (non-hydrogen) atoms. The second kappa shape index (κ2) is 9.07. The van der Waals surface area contributed by atoms with E-state index in [1.807, 2.05) is 36.2 Å². The second-order valence-electron chi connectivity index (χ2n) is 6.65. The number of carboxylic acid groups (broad SMARTS) is 1. The first-order valence-corrected chi connectivity index (χ1v) is 9.09. The van der Waals surface area contributed by atoms with E-state index in [9.17, 15) is 9.59 Å². The maximum absolute atomic E-state index is 12.6. The van der Waals surface area contributed by atoms with Gasteiger partial charge in [0.05, 0.1) is 6.04 Å². The zero-order valence-corrected chi connectivity index (χ0v) is 15.0. The van der Waals surface area contributed by atoms with Crippen LogP contribution in [0.1, 0.15) is 63.0 Å². The van der Waals surface area contributed by atoms with E-state index < -0.39 is 5.97 Å². The van der Waals surface area contributed by atoms with E-state index >= 15 is 0 Å². The van der Waals surface area contributed by atoms with Crippen molar-refractivity contribution in [2.24, 2.45) is 5.92 Å². The molecule has 1 N–H and O–H groups in total. The molecule has 5 heteroatoms. The Kier molecular flexibility index (Phi) is 7.10. The highest BCUT2D eigenvalue weighted by Gasteiger charge is 2.31. The first kappa shape index (κ1) is 18.8. The number of aliphatic carboxylic acids is 1. The highest BCUT2D eigenvalue weighted by molar-refractivity contribution is 6.30. The van der Waals surface area contributed by atoms with Gasteiger partial charge in [-0.3, -0.25) is 9.59 Å². The molecule has 0 bridgehead atoms. The summed E-state index contributed by atoms with van der Waals surface area (Å²) in [6, 6.07) is 7.87. The van der Waals surface area contributed by atoms with Crippen molar-refractivity contribution in [3.05, 3.63) is 34.9 Å². The topological polar surface area (TPSA) is 57.6 Å². The molecule has 4 nitrogen and oxygen atoms in total. The number of carboxylic acids is 1. The number of unbranched alkanes of at least 4 members (excludes halogenated alkanes) is 1. The molecule has 0 radical (unpaired) electrons. The highest BCUT2D eigenvalue weighted by atomic mass is 35.5. The zero-order valence-electron chi connectivity index (χ0n) is 14.2. The van der Waals surface area contributed by atoms with E-state index in [1.54, 1.807) is 0 Å². The predicted molar refractivity (Wildman–Crippen MR) is 95.0 cm³/mol. The van der Waals surface area contributed by atoms with Gasteiger partial charge in [-0.2, -0.15) is 0 Å². The number of amides is 1. The molecule has 0 aliphatic heterocycles. The number of benzene rings is 1. The molecule has 1 unspecified atom stereocenters. The average molecular weight is 352 g/mol. The Bertz CT molecular complexity index is 552. The maximum atomic E-state index is 12.6. The number of carbonyl (C=O) groups is 2. The van der Waals surface area contributed by atoms with Crippen LogP contribution in [-0.2, 0) is 9.59 Å². The van der Waals surface area contributed by atoms with Crippen LogP contribution in [0.5, 0.6) is 0 Å². The lowest BCUT2D eigenvalue weighted by Crippen LogP contribution is -2.34. The lowest BCUT2D eigenvalue weighted by atomic mass is 9.90. The number of rotatable bonds is 8. The van der Waals surface area contributed by atoms with Crippen LogP contribution in [-0.4, -0.2) is 28.9 Å². The van der Waals surface area contributed by atoms with Gasteiger partial charge in [0.2, 0.25) is 5.91 Å². The van der Waals surface area contributed by atoms with Gasteiger partial charge in [-0.05, 0) is 49.3 Å². The Morgan fingerprint density at radius 1 is 1.17 bits per heavy atom. The molecular weight excluding hydrogens is 326 g/mol. The van der Waals surface area contributed by atoms with E-state index in [2.05, 4.69) is 0 Å². The Morgan fingerprint density at radius 2 is 1.75 bits per heavy atom. The van der Waals surface area contributed by atoms with E-state index in [-0.39, 0.29) is 18.4 Å². The molecule has 1 amide bonds. The van der Waals surface area contributed by atoms with Crippen LogP contribution < -0.4 is 0 Å². The van der Waals surface area contributed by atoms with Gasteiger partial charge in [0, 0.05) is 24.9 Å². The maximum Gasteiger partial charge on any atom is 0.303 e. The summed E-state index contributed by atoms with van der Waals surface area (Å²) < 4.78 is 0. The van der Waals surface area contributed by atoms with E-state index in [0.717, 1.165) is 18.4 Å². The summed E-state index contributed by atoms with van der Waals surface area (Å²) >= 11 is 6.00. The molecule has 0 aromatic heterocycles. The van der Waals surface area contributed by atoms with Crippen molar-refractivity contribution in [1.29, 1.82) is 0 Å². The SMILES string of the molecule is CN(C(=O)CCCCC(=O)O)C(c1ccc(Cl)cc1)C1CCCC1.